The molecule has 1 aliphatic carbocycles. The molecule has 2 unspecified atom stereocenters. The molecule has 2 atom stereocenters. The van der Waals surface area contributed by atoms with Gasteiger partial charge in [0, 0.05) is 23.8 Å². The first kappa shape index (κ1) is 14.1. The molecule has 4 heteroatoms. The van der Waals surface area contributed by atoms with E-state index in [2.05, 4.69) is 17.2 Å². The minimum atomic E-state index is -0.250. The molecule has 1 fully saturated rings. The van der Waals surface area contributed by atoms with E-state index in [0.29, 0.717) is 18.0 Å². The highest BCUT2D eigenvalue weighted by molar-refractivity contribution is 5.98. The average Bonchev–Trinajstić information content (AvgIpc) is 2.97. The van der Waals surface area contributed by atoms with Gasteiger partial charge in [0.05, 0.1) is 5.54 Å². The fraction of sp³-hybridized carbons (Fsp3) is 0.471. The van der Waals surface area contributed by atoms with Crippen molar-refractivity contribution in [2.45, 2.75) is 38.1 Å². The molecule has 0 aliphatic heterocycles. The number of nitrogens with two attached hydrogens (primary N) is 1. The number of carbonyl (C=O) groups is 1. The number of H-pyrrole nitrogens is 1. The first-order valence-corrected chi connectivity index (χ1v) is 7.74. The third-order valence-electron chi connectivity index (χ3n) is 5.00. The maximum Gasteiger partial charge on any atom is 0.251 e. The predicted molar refractivity (Wildman–Crippen MR) is 85.2 cm³/mol. The third-order valence-corrected chi connectivity index (χ3v) is 5.00. The highest BCUT2D eigenvalue weighted by atomic mass is 16.1. The first-order valence-electron chi connectivity index (χ1n) is 7.74. The largest absolute Gasteiger partial charge is 0.361 e. The van der Waals surface area contributed by atoms with Crippen molar-refractivity contribution in [3.05, 3.63) is 36.0 Å². The molecule has 1 saturated carbocycles. The maximum absolute atomic E-state index is 12.6. The van der Waals surface area contributed by atoms with Gasteiger partial charge in [-0.15, -0.1) is 0 Å². The van der Waals surface area contributed by atoms with E-state index < -0.39 is 0 Å². The first-order chi connectivity index (χ1) is 10.1. The van der Waals surface area contributed by atoms with Crippen LogP contribution in [0.4, 0.5) is 0 Å². The smallest absolute Gasteiger partial charge is 0.251 e. The number of benzene rings is 1. The van der Waals surface area contributed by atoms with Crippen LogP contribution in [0.1, 0.15) is 43.0 Å². The summed E-state index contributed by atoms with van der Waals surface area (Å²) in [7, 11) is 0. The van der Waals surface area contributed by atoms with Crippen molar-refractivity contribution >= 4 is 16.8 Å². The number of hydrogen-bond donors (Lipinski definition) is 3. The fourth-order valence-electron chi connectivity index (χ4n) is 3.44. The van der Waals surface area contributed by atoms with Gasteiger partial charge in [-0.25, -0.2) is 0 Å². The van der Waals surface area contributed by atoms with Crippen LogP contribution in [-0.2, 0) is 0 Å². The molecule has 4 nitrogen and oxygen atoms in total. The molecular formula is C17H23N3O. The number of carbonyl (C=O) groups excluding carboxylic acids is 1. The summed E-state index contributed by atoms with van der Waals surface area (Å²) in [5.41, 5.74) is 7.44. The Bertz CT molecular complexity index is 648. The van der Waals surface area contributed by atoms with E-state index in [1.165, 1.54) is 6.42 Å². The highest BCUT2D eigenvalue weighted by Gasteiger charge is 2.38. The van der Waals surface area contributed by atoms with E-state index >= 15 is 0 Å². The summed E-state index contributed by atoms with van der Waals surface area (Å²) >= 11 is 0. The summed E-state index contributed by atoms with van der Waals surface area (Å²) in [5, 5.41) is 4.34. The molecule has 21 heavy (non-hydrogen) atoms. The van der Waals surface area contributed by atoms with E-state index in [1.807, 2.05) is 30.5 Å². The zero-order valence-corrected chi connectivity index (χ0v) is 12.5. The van der Waals surface area contributed by atoms with Gasteiger partial charge in [0.1, 0.15) is 0 Å². The summed E-state index contributed by atoms with van der Waals surface area (Å²) in [4.78, 5) is 15.8. The Hall–Kier alpha value is -1.81. The van der Waals surface area contributed by atoms with E-state index in [4.69, 9.17) is 5.73 Å². The second-order valence-electron chi connectivity index (χ2n) is 6.24. The van der Waals surface area contributed by atoms with Gasteiger partial charge in [0.2, 0.25) is 0 Å². The predicted octanol–water partition coefficient (Wildman–Crippen LogP) is 2.81. The lowest BCUT2D eigenvalue weighted by molar-refractivity contribution is 0.0813. The van der Waals surface area contributed by atoms with Crippen LogP contribution in [0.15, 0.2) is 30.5 Å². The maximum atomic E-state index is 12.6. The monoisotopic (exact) mass is 285 g/mol. The molecule has 1 aromatic heterocycles. The summed E-state index contributed by atoms with van der Waals surface area (Å²) in [6.07, 6.45) is 6.36. The number of aromatic nitrogens is 1. The summed E-state index contributed by atoms with van der Waals surface area (Å²) < 4.78 is 0. The van der Waals surface area contributed by atoms with Gasteiger partial charge < -0.3 is 16.0 Å². The van der Waals surface area contributed by atoms with Crippen LogP contribution in [0.5, 0.6) is 0 Å². The van der Waals surface area contributed by atoms with Crippen molar-refractivity contribution < 1.29 is 4.79 Å². The lowest BCUT2D eigenvalue weighted by Gasteiger charge is -2.42. The molecule has 0 bridgehead atoms. The van der Waals surface area contributed by atoms with Gasteiger partial charge in [-0.3, -0.25) is 4.79 Å². The van der Waals surface area contributed by atoms with Crippen molar-refractivity contribution in [3.63, 3.8) is 0 Å². The van der Waals surface area contributed by atoms with E-state index in [9.17, 15) is 4.79 Å². The standard InChI is InChI=1S/C17H23N3O/c1-12-4-2-3-8-17(12,11-18)20-16(21)14-6-5-13-7-9-19-15(13)10-14/h5-7,9-10,12,19H,2-4,8,11,18H2,1H3,(H,20,21). The summed E-state index contributed by atoms with van der Waals surface area (Å²) in [6.45, 7) is 2.70. The Kier molecular flexibility index (Phi) is 3.72. The topological polar surface area (TPSA) is 70.9 Å². The molecule has 3 rings (SSSR count). The number of amides is 1. The molecular weight excluding hydrogens is 262 g/mol. The zero-order chi connectivity index (χ0) is 14.9. The Balaban J connectivity index is 1.83. The van der Waals surface area contributed by atoms with E-state index in [-0.39, 0.29) is 11.4 Å². The Labute approximate surface area is 125 Å². The summed E-state index contributed by atoms with van der Waals surface area (Å²) in [5.74, 6) is 0.403. The number of fused-ring (bicyclic) bond motifs is 1. The van der Waals surface area contributed by atoms with Gasteiger partial charge in [0.15, 0.2) is 0 Å². The van der Waals surface area contributed by atoms with Crippen LogP contribution < -0.4 is 11.1 Å². The normalized spacial score (nSPS) is 25.9. The number of aromatic amines is 1. The number of hydrogen-bond acceptors (Lipinski definition) is 2. The van der Waals surface area contributed by atoms with Gasteiger partial charge in [-0.2, -0.15) is 0 Å². The molecule has 112 valence electrons. The third kappa shape index (κ3) is 2.56. The SMILES string of the molecule is CC1CCCCC1(CN)NC(=O)c1ccc2cc[nH]c2c1. The molecule has 0 saturated heterocycles. The highest BCUT2D eigenvalue weighted by Crippen LogP contribution is 2.33. The number of nitrogens with one attached hydrogen (secondary N) is 2. The minimum Gasteiger partial charge on any atom is -0.361 e. The van der Waals surface area contributed by atoms with Crippen molar-refractivity contribution in [3.8, 4) is 0 Å². The average molecular weight is 285 g/mol. The van der Waals surface area contributed by atoms with Crippen LogP contribution in [0, 0.1) is 5.92 Å². The summed E-state index contributed by atoms with van der Waals surface area (Å²) in [6, 6.07) is 7.76. The van der Waals surface area contributed by atoms with Crippen LogP contribution in [-0.4, -0.2) is 23.0 Å². The molecule has 0 spiro atoms. The van der Waals surface area contributed by atoms with Crippen molar-refractivity contribution in [1.29, 1.82) is 0 Å². The fourth-order valence-corrected chi connectivity index (χ4v) is 3.44. The molecule has 1 aromatic carbocycles. The van der Waals surface area contributed by atoms with E-state index in [0.717, 1.165) is 30.2 Å². The van der Waals surface area contributed by atoms with Crippen LogP contribution in [0.2, 0.25) is 0 Å². The molecule has 1 amide bonds. The molecule has 1 aliphatic rings. The van der Waals surface area contributed by atoms with Gasteiger partial charge >= 0.3 is 0 Å². The molecule has 2 aromatic rings. The van der Waals surface area contributed by atoms with Crippen LogP contribution >= 0.6 is 0 Å². The molecule has 0 radical (unpaired) electrons. The Morgan fingerprint density at radius 3 is 3.05 bits per heavy atom. The lowest BCUT2D eigenvalue weighted by atomic mass is 9.73. The Morgan fingerprint density at radius 1 is 1.43 bits per heavy atom. The minimum absolute atomic E-state index is 0.0225. The second-order valence-corrected chi connectivity index (χ2v) is 6.24. The van der Waals surface area contributed by atoms with Crippen molar-refractivity contribution in [1.82, 2.24) is 10.3 Å². The lowest BCUT2D eigenvalue weighted by Crippen LogP contribution is -2.59. The van der Waals surface area contributed by atoms with Gasteiger partial charge in [0.25, 0.3) is 5.91 Å². The second kappa shape index (κ2) is 5.53. The van der Waals surface area contributed by atoms with Crippen molar-refractivity contribution in [2.24, 2.45) is 11.7 Å². The van der Waals surface area contributed by atoms with Gasteiger partial charge in [-0.1, -0.05) is 25.8 Å². The Morgan fingerprint density at radius 2 is 2.29 bits per heavy atom. The quantitative estimate of drug-likeness (QED) is 0.811. The van der Waals surface area contributed by atoms with Crippen molar-refractivity contribution in [2.75, 3.05) is 6.54 Å². The van der Waals surface area contributed by atoms with Gasteiger partial charge in [-0.05, 0) is 42.3 Å². The van der Waals surface area contributed by atoms with E-state index in [1.54, 1.807) is 0 Å². The zero-order valence-electron chi connectivity index (χ0n) is 12.5. The van der Waals surface area contributed by atoms with Crippen LogP contribution in [0.25, 0.3) is 10.9 Å². The molecule has 1 heterocycles. The van der Waals surface area contributed by atoms with Crippen LogP contribution in [0.3, 0.4) is 0 Å². The molecule has 4 N–H and O–H groups in total. The number of rotatable bonds is 3.